The molecule has 7 heteroatoms. The summed E-state index contributed by atoms with van der Waals surface area (Å²) in [6, 6.07) is 13.7. The number of hydrogen-bond acceptors (Lipinski definition) is 3. The molecule has 0 aliphatic carbocycles. The molecule has 0 aliphatic rings. The maximum atomic E-state index is 13.2. The largest absolute Gasteiger partial charge is 0.352 e. The van der Waals surface area contributed by atoms with E-state index >= 15 is 0 Å². The summed E-state index contributed by atoms with van der Waals surface area (Å²) in [4.78, 5) is 41.2. The first-order valence-corrected chi connectivity index (χ1v) is 11.4. The first-order chi connectivity index (χ1) is 16.2. The number of rotatable bonds is 6. The van der Waals surface area contributed by atoms with Crippen LogP contribution in [-0.4, -0.2) is 20.0 Å². The van der Waals surface area contributed by atoms with Crippen LogP contribution in [0.3, 0.4) is 0 Å². The van der Waals surface area contributed by atoms with E-state index in [2.05, 4.69) is 17.2 Å². The number of nitrogens with one attached hydrogen (secondary N) is 2. The van der Waals surface area contributed by atoms with Crippen molar-refractivity contribution < 1.29 is 4.79 Å². The van der Waals surface area contributed by atoms with Crippen molar-refractivity contribution in [3.8, 4) is 0 Å². The summed E-state index contributed by atoms with van der Waals surface area (Å²) >= 11 is 0. The zero-order chi connectivity index (χ0) is 24.6. The lowest BCUT2D eigenvalue weighted by Gasteiger charge is -2.18. The molecule has 34 heavy (non-hydrogen) atoms. The summed E-state index contributed by atoms with van der Waals surface area (Å²) in [6.07, 6.45) is 1.85. The highest BCUT2D eigenvalue weighted by atomic mass is 16.2. The van der Waals surface area contributed by atoms with Crippen LogP contribution in [0.1, 0.15) is 46.6 Å². The molecule has 7 nitrogen and oxygen atoms in total. The number of benzene rings is 1. The summed E-state index contributed by atoms with van der Waals surface area (Å²) in [5.41, 5.74) is 5.26. The lowest BCUT2D eigenvalue weighted by molar-refractivity contribution is -0.120. The molecular weight excluding hydrogens is 428 g/mol. The normalized spacial score (nSPS) is 12.1. The monoisotopic (exact) mass is 458 g/mol. The van der Waals surface area contributed by atoms with Gasteiger partial charge in [-0.15, -0.1) is 0 Å². The van der Waals surface area contributed by atoms with Gasteiger partial charge in [-0.25, -0.2) is 0 Å². The molecule has 3 heterocycles. The Morgan fingerprint density at radius 1 is 1.06 bits per heavy atom. The van der Waals surface area contributed by atoms with Crippen LogP contribution in [0.25, 0.3) is 10.9 Å². The fraction of sp³-hybridized carbons (Fsp3) is 0.296. The van der Waals surface area contributed by atoms with Gasteiger partial charge in [0.25, 0.3) is 11.1 Å². The molecule has 0 spiro atoms. The van der Waals surface area contributed by atoms with Crippen molar-refractivity contribution in [2.45, 2.75) is 46.7 Å². The highest BCUT2D eigenvalue weighted by molar-refractivity contribution is 5.90. The number of fused-ring (bicyclic) bond motifs is 1. The fourth-order valence-corrected chi connectivity index (χ4v) is 4.70. The summed E-state index contributed by atoms with van der Waals surface area (Å²) in [6.45, 7) is 7.86. The van der Waals surface area contributed by atoms with Crippen LogP contribution in [-0.2, 0) is 24.8 Å². The van der Waals surface area contributed by atoms with E-state index in [4.69, 9.17) is 0 Å². The van der Waals surface area contributed by atoms with E-state index in [0.717, 1.165) is 33.5 Å². The van der Waals surface area contributed by atoms with Gasteiger partial charge in [0, 0.05) is 42.1 Å². The van der Waals surface area contributed by atoms with E-state index < -0.39 is 0 Å². The van der Waals surface area contributed by atoms with Crippen molar-refractivity contribution in [2.75, 3.05) is 0 Å². The van der Waals surface area contributed by atoms with Crippen molar-refractivity contribution in [1.82, 2.24) is 19.4 Å². The van der Waals surface area contributed by atoms with Crippen molar-refractivity contribution in [1.29, 1.82) is 0 Å². The number of carbonyl (C=O) groups is 1. The molecule has 3 aromatic heterocycles. The third-order valence-corrected chi connectivity index (χ3v) is 6.57. The van der Waals surface area contributed by atoms with E-state index in [9.17, 15) is 14.4 Å². The molecule has 1 amide bonds. The number of aryl methyl sites for hydroxylation is 3. The van der Waals surface area contributed by atoms with E-state index in [1.54, 1.807) is 17.8 Å². The SMILES string of the molecule is Cc1cc(C)c(CNC(=O)Cc2c(C)n(C(C)c3ccccc3)c3c(=O)n(C)ccc23)c(=O)[nH]1. The van der Waals surface area contributed by atoms with Gasteiger partial charge in [-0.1, -0.05) is 30.3 Å². The van der Waals surface area contributed by atoms with Gasteiger partial charge in [-0.05, 0) is 56.5 Å². The molecule has 4 rings (SSSR count). The molecule has 1 unspecified atom stereocenters. The van der Waals surface area contributed by atoms with E-state index in [-0.39, 0.29) is 36.0 Å². The predicted molar refractivity (Wildman–Crippen MR) is 134 cm³/mol. The molecule has 0 fully saturated rings. The second-order valence-corrected chi connectivity index (χ2v) is 8.91. The van der Waals surface area contributed by atoms with Gasteiger partial charge in [-0.2, -0.15) is 0 Å². The van der Waals surface area contributed by atoms with E-state index in [0.29, 0.717) is 11.1 Å². The van der Waals surface area contributed by atoms with Crippen molar-refractivity contribution in [3.63, 3.8) is 0 Å². The smallest absolute Gasteiger partial charge is 0.274 e. The van der Waals surface area contributed by atoms with E-state index in [1.807, 2.05) is 67.8 Å². The third-order valence-electron chi connectivity index (χ3n) is 6.57. The average Bonchev–Trinajstić information content (AvgIpc) is 3.07. The number of pyridine rings is 2. The van der Waals surface area contributed by atoms with Gasteiger partial charge < -0.3 is 19.4 Å². The van der Waals surface area contributed by atoms with Gasteiger partial charge >= 0.3 is 0 Å². The Hall–Kier alpha value is -3.87. The number of amides is 1. The van der Waals surface area contributed by atoms with Gasteiger partial charge in [0.15, 0.2) is 0 Å². The number of nitrogens with zero attached hydrogens (tertiary/aromatic N) is 2. The lowest BCUT2D eigenvalue weighted by Crippen LogP contribution is -2.29. The molecule has 0 saturated heterocycles. The predicted octanol–water partition coefficient (Wildman–Crippen LogP) is 3.42. The van der Waals surface area contributed by atoms with Crippen molar-refractivity contribution in [2.24, 2.45) is 7.05 Å². The van der Waals surface area contributed by atoms with Crippen LogP contribution in [0.15, 0.2) is 58.3 Å². The standard InChI is InChI=1S/C27H30N4O3/c1-16-13-17(2)29-26(33)23(16)15-28-24(32)14-22-19(4)31(18(3)20-9-7-6-8-10-20)25-21(22)11-12-30(5)27(25)34/h6-13,18H,14-15H2,1-5H3,(H,28,32)(H,29,33). The number of H-pyrrole nitrogens is 1. The van der Waals surface area contributed by atoms with Gasteiger partial charge in [-0.3, -0.25) is 14.4 Å². The summed E-state index contributed by atoms with van der Waals surface area (Å²) in [5, 5.41) is 3.67. The van der Waals surface area contributed by atoms with Gasteiger partial charge in [0.1, 0.15) is 5.52 Å². The van der Waals surface area contributed by atoms with Crippen LogP contribution in [0, 0.1) is 20.8 Å². The first-order valence-electron chi connectivity index (χ1n) is 11.4. The summed E-state index contributed by atoms with van der Waals surface area (Å²) in [7, 11) is 1.73. The van der Waals surface area contributed by atoms with Crippen LogP contribution >= 0.6 is 0 Å². The minimum absolute atomic E-state index is 0.0793. The zero-order valence-electron chi connectivity index (χ0n) is 20.2. The lowest BCUT2D eigenvalue weighted by atomic mass is 10.1. The quantitative estimate of drug-likeness (QED) is 0.464. The molecule has 176 valence electrons. The Morgan fingerprint density at radius 3 is 2.44 bits per heavy atom. The van der Waals surface area contributed by atoms with Crippen LogP contribution in [0.4, 0.5) is 0 Å². The molecule has 2 N–H and O–H groups in total. The Kier molecular flexibility index (Phi) is 6.28. The third kappa shape index (κ3) is 4.21. The maximum absolute atomic E-state index is 13.2. The number of carbonyl (C=O) groups excluding carboxylic acids is 1. The second-order valence-electron chi connectivity index (χ2n) is 8.91. The molecule has 0 bridgehead atoms. The fourth-order valence-electron chi connectivity index (χ4n) is 4.70. The molecule has 0 saturated carbocycles. The minimum Gasteiger partial charge on any atom is -0.352 e. The molecule has 1 aromatic carbocycles. The second kappa shape index (κ2) is 9.17. The van der Waals surface area contributed by atoms with Crippen molar-refractivity contribution >= 4 is 16.8 Å². The Bertz CT molecular complexity index is 1490. The van der Waals surface area contributed by atoms with Crippen molar-refractivity contribution in [3.05, 3.63) is 103 Å². The Morgan fingerprint density at radius 2 is 1.76 bits per heavy atom. The topological polar surface area (TPSA) is 88.9 Å². The number of aromatic amines is 1. The minimum atomic E-state index is -0.199. The van der Waals surface area contributed by atoms with Gasteiger partial charge in [0.2, 0.25) is 5.91 Å². The highest BCUT2D eigenvalue weighted by Gasteiger charge is 2.23. The first kappa shape index (κ1) is 23.3. The Labute approximate surface area is 198 Å². The van der Waals surface area contributed by atoms with E-state index in [1.165, 1.54) is 0 Å². The molecule has 4 aromatic rings. The highest BCUT2D eigenvalue weighted by Crippen LogP contribution is 2.30. The zero-order valence-corrected chi connectivity index (χ0v) is 20.2. The summed E-state index contributed by atoms with van der Waals surface area (Å²) in [5.74, 6) is -0.199. The Balaban J connectivity index is 1.70. The molecular formula is C27H30N4O3. The number of aromatic nitrogens is 3. The van der Waals surface area contributed by atoms with Crippen LogP contribution in [0.2, 0.25) is 0 Å². The summed E-state index contributed by atoms with van der Waals surface area (Å²) < 4.78 is 3.59. The van der Waals surface area contributed by atoms with Crippen LogP contribution < -0.4 is 16.4 Å². The van der Waals surface area contributed by atoms with Gasteiger partial charge in [0.05, 0.1) is 12.5 Å². The molecule has 0 aliphatic heterocycles. The molecule has 1 atom stereocenters. The average molecular weight is 459 g/mol. The van der Waals surface area contributed by atoms with Crippen LogP contribution in [0.5, 0.6) is 0 Å². The number of hydrogen-bond donors (Lipinski definition) is 2. The molecule has 0 radical (unpaired) electrons. The maximum Gasteiger partial charge on any atom is 0.274 e.